The molecule has 0 aliphatic rings. The van der Waals surface area contributed by atoms with E-state index in [1.807, 2.05) is 73.8 Å². The number of carbonyl (C=O) groups is 1. The van der Waals surface area contributed by atoms with Crippen LogP contribution in [0.5, 0.6) is 0 Å². The molecule has 2 heterocycles. The normalized spacial score (nSPS) is 14.1. The molecule has 3 aromatic carbocycles. The molecule has 5 heteroatoms. The summed E-state index contributed by atoms with van der Waals surface area (Å²) >= 11 is 0. The smallest absolute Gasteiger partial charge is 0.240 e. The Morgan fingerprint density at radius 3 is 2.57 bits per heavy atom. The molecule has 2 atom stereocenters. The van der Waals surface area contributed by atoms with E-state index in [1.54, 1.807) is 0 Å². The zero-order valence-electron chi connectivity index (χ0n) is 20.2. The van der Waals surface area contributed by atoms with Gasteiger partial charge >= 0.3 is 0 Å². The minimum absolute atomic E-state index is 0.0262. The van der Waals surface area contributed by atoms with Crippen LogP contribution in [0.1, 0.15) is 36.7 Å². The number of fused-ring (bicyclic) bond motifs is 2. The molecule has 2 unspecified atom stereocenters. The highest BCUT2D eigenvalue weighted by Crippen LogP contribution is 2.25. The van der Waals surface area contributed by atoms with Gasteiger partial charge in [0.15, 0.2) is 0 Å². The van der Waals surface area contributed by atoms with Gasteiger partial charge in [0.2, 0.25) is 5.91 Å². The van der Waals surface area contributed by atoms with Gasteiger partial charge in [-0.15, -0.1) is 0 Å². The van der Waals surface area contributed by atoms with Gasteiger partial charge in [-0.2, -0.15) is 0 Å². The first-order valence-corrected chi connectivity index (χ1v) is 12.1. The summed E-state index contributed by atoms with van der Waals surface area (Å²) in [5, 5.41) is 8.92. The fourth-order valence-electron chi connectivity index (χ4n) is 4.63. The lowest BCUT2D eigenvalue weighted by Gasteiger charge is -2.30. The number of nitrogens with one attached hydrogen (secondary N) is 3. The second-order valence-corrected chi connectivity index (χ2v) is 9.49. The van der Waals surface area contributed by atoms with Crippen LogP contribution < -0.4 is 10.6 Å². The van der Waals surface area contributed by atoms with Crippen LogP contribution in [0.4, 0.5) is 0 Å². The zero-order chi connectivity index (χ0) is 24.3. The Morgan fingerprint density at radius 2 is 1.74 bits per heavy atom. The molecule has 0 saturated carbocycles. The number of rotatable bonds is 9. The van der Waals surface area contributed by atoms with Crippen molar-refractivity contribution in [2.45, 2.75) is 38.3 Å². The topological polar surface area (TPSA) is 70.1 Å². The number of hydrogen-bond donors (Lipinski definition) is 3. The third-order valence-corrected chi connectivity index (χ3v) is 6.79. The van der Waals surface area contributed by atoms with Crippen molar-refractivity contribution in [2.75, 3.05) is 6.54 Å². The van der Waals surface area contributed by atoms with Crippen LogP contribution in [0.15, 0.2) is 95.5 Å². The zero-order valence-corrected chi connectivity index (χ0v) is 20.2. The van der Waals surface area contributed by atoms with Crippen LogP contribution in [0.3, 0.4) is 0 Å². The number of carbonyl (C=O) groups excluding carboxylic acids is 1. The number of furan rings is 1. The molecule has 5 rings (SSSR count). The number of hydrogen-bond acceptors (Lipinski definition) is 3. The van der Waals surface area contributed by atoms with Crippen molar-refractivity contribution in [3.63, 3.8) is 0 Å². The summed E-state index contributed by atoms with van der Waals surface area (Å²) in [4.78, 5) is 17.0. The predicted molar refractivity (Wildman–Crippen MR) is 141 cm³/mol. The minimum atomic E-state index is -0.833. The van der Waals surface area contributed by atoms with Gasteiger partial charge < -0.3 is 14.7 Å². The quantitative estimate of drug-likeness (QED) is 0.253. The molecule has 1 amide bonds. The highest BCUT2D eigenvalue weighted by Gasteiger charge is 2.34. The van der Waals surface area contributed by atoms with Crippen molar-refractivity contribution in [1.29, 1.82) is 0 Å². The lowest BCUT2D eigenvalue weighted by Crippen LogP contribution is -2.56. The Labute approximate surface area is 205 Å². The number of aromatic amines is 1. The molecule has 0 aliphatic carbocycles. The van der Waals surface area contributed by atoms with E-state index in [0.717, 1.165) is 33.2 Å². The maximum absolute atomic E-state index is 13.6. The molecule has 35 heavy (non-hydrogen) atoms. The molecule has 0 radical (unpaired) electrons. The Bertz CT molecular complexity index is 1400. The van der Waals surface area contributed by atoms with Crippen molar-refractivity contribution >= 4 is 27.8 Å². The number of para-hydroxylation sites is 2. The van der Waals surface area contributed by atoms with Crippen molar-refractivity contribution in [2.24, 2.45) is 0 Å². The monoisotopic (exact) mass is 465 g/mol. The summed E-state index contributed by atoms with van der Waals surface area (Å²) in [5.41, 5.74) is 3.40. The fourth-order valence-corrected chi connectivity index (χ4v) is 4.63. The van der Waals surface area contributed by atoms with Gasteiger partial charge in [0.1, 0.15) is 11.3 Å². The van der Waals surface area contributed by atoms with Crippen LogP contribution in [0, 0.1) is 0 Å². The van der Waals surface area contributed by atoms with E-state index < -0.39 is 5.54 Å². The third kappa shape index (κ3) is 5.00. The molecule has 0 bridgehead atoms. The van der Waals surface area contributed by atoms with Gasteiger partial charge in [0.05, 0.1) is 12.1 Å². The van der Waals surface area contributed by atoms with Crippen LogP contribution in [-0.2, 0) is 17.8 Å². The number of amides is 1. The maximum Gasteiger partial charge on any atom is 0.240 e. The van der Waals surface area contributed by atoms with Gasteiger partial charge in [-0.25, -0.2) is 0 Å². The summed E-state index contributed by atoms with van der Waals surface area (Å²) in [6.45, 7) is 5.13. The van der Waals surface area contributed by atoms with E-state index in [9.17, 15) is 4.79 Å². The molecule has 178 valence electrons. The molecule has 2 aromatic heterocycles. The standard InChI is InChI=1S/C30H31N3O2/c1-21(22-10-4-3-5-11-22)18-32-29(34)30(2,17-24-19-31-27-14-8-7-13-26(24)27)33-20-25-16-23-12-6-9-15-28(23)35-25/h3-16,19,21,31,33H,17-18,20H2,1-2H3,(H,32,34). The third-order valence-electron chi connectivity index (χ3n) is 6.79. The van der Waals surface area contributed by atoms with E-state index in [1.165, 1.54) is 5.56 Å². The Kier molecular flexibility index (Phi) is 6.43. The van der Waals surface area contributed by atoms with Crippen molar-refractivity contribution < 1.29 is 9.21 Å². The summed E-state index contributed by atoms with van der Waals surface area (Å²) in [5.74, 6) is 0.997. The molecule has 3 N–H and O–H groups in total. The molecule has 0 saturated heterocycles. The summed E-state index contributed by atoms with van der Waals surface area (Å²) in [6.07, 6.45) is 2.55. The molecule has 0 aliphatic heterocycles. The molecule has 0 spiro atoms. The van der Waals surface area contributed by atoms with Crippen LogP contribution in [-0.4, -0.2) is 23.0 Å². The second kappa shape index (κ2) is 9.80. The SMILES string of the molecule is CC(CNC(=O)C(C)(Cc1c[nH]c2ccccc12)NCc1cc2ccccc2o1)c1ccccc1. The van der Waals surface area contributed by atoms with Crippen molar-refractivity contribution in [3.8, 4) is 0 Å². The predicted octanol–water partition coefficient (Wildman–Crippen LogP) is 5.93. The van der Waals surface area contributed by atoms with E-state index in [-0.39, 0.29) is 11.8 Å². The lowest BCUT2D eigenvalue weighted by molar-refractivity contribution is -0.127. The first-order chi connectivity index (χ1) is 17.0. The van der Waals surface area contributed by atoms with Crippen molar-refractivity contribution in [1.82, 2.24) is 15.6 Å². The molecular formula is C30H31N3O2. The number of aromatic nitrogens is 1. The van der Waals surface area contributed by atoms with Gasteiger partial charge in [-0.3, -0.25) is 10.1 Å². The van der Waals surface area contributed by atoms with E-state index >= 15 is 0 Å². The lowest BCUT2D eigenvalue weighted by atomic mass is 9.90. The first kappa shape index (κ1) is 22.9. The maximum atomic E-state index is 13.6. The van der Waals surface area contributed by atoms with Gasteiger partial charge in [-0.05, 0) is 42.2 Å². The van der Waals surface area contributed by atoms with Gasteiger partial charge in [0.25, 0.3) is 0 Å². The van der Waals surface area contributed by atoms with E-state index in [0.29, 0.717) is 19.5 Å². The van der Waals surface area contributed by atoms with Gasteiger partial charge in [0, 0.05) is 35.5 Å². The van der Waals surface area contributed by atoms with Gasteiger partial charge in [-0.1, -0.05) is 73.7 Å². The van der Waals surface area contributed by atoms with Crippen LogP contribution in [0.25, 0.3) is 21.9 Å². The molecule has 0 fully saturated rings. The Hall–Kier alpha value is -3.83. The average molecular weight is 466 g/mol. The number of H-pyrrole nitrogens is 1. The summed E-state index contributed by atoms with van der Waals surface area (Å²) in [6, 6.07) is 28.4. The van der Waals surface area contributed by atoms with E-state index in [2.05, 4.69) is 46.8 Å². The first-order valence-electron chi connectivity index (χ1n) is 12.1. The molecule has 5 nitrogen and oxygen atoms in total. The van der Waals surface area contributed by atoms with E-state index in [4.69, 9.17) is 4.42 Å². The Morgan fingerprint density at radius 1 is 1.00 bits per heavy atom. The minimum Gasteiger partial charge on any atom is -0.460 e. The highest BCUT2D eigenvalue weighted by atomic mass is 16.3. The highest BCUT2D eigenvalue weighted by molar-refractivity contribution is 5.89. The summed E-state index contributed by atoms with van der Waals surface area (Å²) < 4.78 is 6.00. The average Bonchev–Trinajstić information content (AvgIpc) is 3.50. The second-order valence-electron chi connectivity index (χ2n) is 9.49. The molecule has 5 aromatic rings. The molecular weight excluding hydrogens is 434 g/mol. The van der Waals surface area contributed by atoms with Crippen molar-refractivity contribution in [3.05, 3.63) is 108 Å². The fraction of sp³-hybridized carbons (Fsp3) is 0.233. The Balaban J connectivity index is 1.36. The van der Waals surface area contributed by atoms with Crippen LogP contribution >= 0.6 is 0 Å². The largest absolute Gasteiger partial charge is 0.460 e. The van der Waals surface area contributed by atoms with Crippen LogP contribution in [0.2, 0.25) is 0 Å². The number of benzene rings is 3. The summed E-state index contributed by atoms with van der Waals surface area (Å²) in [7, 11) is 0.